The summed E-state index contributed by atoms with van der Waals surface area (Å²) in [5, 5.41) is 3.48. The van der Waals surface area contributed by atoms with Crippen LogP contribution in [0.2, 0.25) is 0 Å². The fraction of sp³-hybridized carbons (Fsp3) is 0.333. The van der Waals surface area contributed by atoms with Crippen LogP contribution in [0.15, 0.2) is 71.1 Å². The number of aryl methyl sites for hydroxylation is 1. The summed E-state index contributed by atoms with van der Waals surface area (Å²) in [7, 11) is 0. The normalized spacial score (nSPS) is 19.1. The van der Waals surface area contributed by atoms with Gasteiger partial charge in [-0.15, -0.1) is 0 Å². The minimum absolute atomic E-state index is 0.150. The highest BCUT2D eigenvalue weighted by Crippen LogP contribution is 2.47. The Kier molecular flexibility index (Phi) is 5.23. The lowest BCUT2D eigenvalue weighted by Gasteiger charge is -2.37. The summed E-state index contributed by atoms with van der Waals surface area (Å²) in [6.07, 6.45) is 4.52. The summed E-state index contributed by atoms with van der Waals surface area (Å²) in [5.41, 5.74) is 6.77. The number of ketones is 2. The van der Waals surface area contributed by atoms with Crippen LogP contribution in [0.4, 0.5) is 0 Å². The molecule has 0 radical (unpaired) electrons. The maximum absolute atomic E-state index is 13.0. The molecule has 0 unspecified atom stereocenters. The molecule has 3 aliphatic rings. The van der Waals surface area contributed by atoms with Crippen molar-refractivity contribution in [1.82, 2.24) is 5.32 Å². The van der Waals surface area contributed by atoms with Gasteiger partial charge in [0.15, 0.2) is 11.6 Å². The molecule has 2 aromatic rings. The molecular formula is C27H27NO3. The Morgan fingerprint density at radius 2 is 1.45 bits per heavy atom. The fourth-order valence-electron chi connectivity index (χ4n) is 4.99. The Morgan fingerprint density at radius 3 is 2.10 bits per heavy atom. The van der Waals surface area contributed by atoms with E-state index in [0.29, 0.717) is 19.4 Å². The monoisotopic (exact) mass is 413 g/mol. The maximum Gasteiger partial charge on any atom is 0.161 e. The second kappa shape index (κ2) is 8.18. The molecule has 1 aliphatic heterocycles. The highest BCUT2D eigenvalue weighted by atomic mass is 16.5. The second-order valence-electron chi connectivity index (χ2n) is 8.71. The standard InChI is InChI=1S/C27H27NO3/c1-17-12-14-18(15-13-17)16-31-24-11-3-2-6-19(24)25-26-20(7-4-9-22(26)29)28-21-8-5-10-23(30)27(21)25/h2-3,6,11-15,25,28H,4-5,7-10,16H2,1H3. The maximum atomic E-state index is 13.0. The van der Waals surface area contributed by atoms with Crippen LogP contribution in [0.25, 0.3) is 0 Å². The van der Waals surface area contributed by atoms with Crippen LogP contribution in [0, 0.1) is 6.92 Å². The van der Waals surface area contributed by atoms with Crippen molar-refractivity contribution in [3.05, 3.63) is 87.8 Å². The Bertz CT molecular complexity index is 1070. The molecule has 0 amide bonds. The number of rotatable bonds is 4. The van der Waals surface area contributed by atoms with Crippen molar-refractivity contribution >= 4 is 11.6 Å². The Labute approximate surface area is 183 Å². The predicted molar refractivity (Wildman–Crippen MR) is 120 cm³/mol. The van der Waals surface area contributed by atoms with Crippen molar-refractivity contribution in [2.75, 3.05) is 0 Å². The number of allylic oxidation sites excluding steroid dienone is 4. The van der Waals surface area contributed by atoms with Crippen molar-refractivity contribution in [2.24, 2.45) is 0 Å². The average Bonchev–Trinajstić information content (AvgIpc) is 2.78. The van der Waals surface area contributed by atoms with Crippen molar-refractivity contribution in [2.45, 2.75) is 58.0 Å². The third-order valence-corrected chi connectivity index (χ3v) is 6.54. The van der Waals surface area contributed by atoms with Gasteiger partial charge in [-0.2, -0.15) is 0 Å². The SMILES string of the molecule is Cc1ccc(COc2ccccc2C2C3=C(CCCC3=O)NC3=C2C(=O)CCC3)cc1. The molecule has 0 bridgehead atoms. The first-order chi connectivity index (χ1) is 15.1. The molecule has 1 heterocycles. The van der Waals surface area contributed by atoms with E-state index in [1.807, 2.05) is 24.3 Å². The Balaban J connectivity index is 1.56. The summed E-state index contributed by atoms with van der Waals surface area (Å²) in [4.78, 5) is 26.1. The Hall–Kier alpha value is -3.14. The number of ether oxygens (including phenoxy) is 1. The van der Waals surface area contributed by atoms with Gasteiger partial charge >= 0.3 is 0 Å². The highest BCUT2D eigenvalue weighted by Gasteiger charge is 2.41. The van der Waals surface area contributed by atoms with E-state index in [1.54, 1.807) is 0 Å². The predicted octanol–water partition coefficient (Wildman–Crippen LogP) is 5.28. The number of hydrogen-bond acceptors (Lipinski definition) is 4. The van der Waals surface area contributed by atoms with Crippen molar-refractivity contribution < 1.29 is 14.3 Å². The van der Waals surface area contributed by atoms with Crippen molar-refractivity contribution in [1.29, 1.82) is 0 Å². The topological polar surface area (TPSA) is 55.4 Å². The summed E-state index contributed by atoms with van der Waals surface area (Å²) in [5.74, 6) is 0.709. The van der Waals surface area contributed by atoms with Crippen LogP contribution >= 0.6 is 0 Å². The van der Waals surface area contributed by atoms with Crippen LogP contribution in [0.5, 0.6) is 5.75 Å². The summed E-state index contributed by atoms with van der Waals surface area (Å²) < 4.78 is 6.26. The van der Waals surface area contributed by atoms with Gasteiger partial charge in [0.1, 0.15) is 12.4 Å². The van der Waals surface area contributed by atoms with Crippen molar-refractivity contribution in [3.63, 3.8) is 0 Å². The largest absolute Gasteiger partial charge is 0.489 e. The molecule has 4 nitrogen and oxygen atoms in total. The van der Waals surface area contributed by atoms with E-state index < -0.39 is 0 Å². The number of carbonyl (C=O) groups excluding carboxylic acids is 2. The first-order valence-electron chi connectivity index (χ1n) is 11.2. The van der Waals surface area contributed by atoms with Crippen LogP contribution in [-0.2, 0) is 16.2 Å². The van der Waals surface area contributed by atoms with E-state index in [1.165, 1.54) is 5.56 Å². The number of nitrogens with one attached hydrogen (secondary N) is 1. The minimum Gasteiger partial charge on any atom is -0.489 e. The third kappa shape index (κ3) is 3.71. The molecule has 31 heavy (non-hydrogen) atoms. The molecule has 0 saturated heterocycles. The van der Waals surface area contributed by atoms with Gasteiger partial charge in [0.05, 0.1) is 0 Å². The molecule has 0 saturated carbocycles. The summed E-state index contributed by atoms with van der Waals surface area (Å²) >= 11 is 0. The lowest BCUT2D eigenvalue weighted by molar-refractivity contribution is -0.116. The molecule has 1 N–H and O–H groups in total. The zero-order valence-electron chi connectivity index (χ0n) is 17.9. The molecule has 2 aromatic carbocycles. The van der Waals surface area contributed by atoms with Gasteiger partial charge in [0.2, 0.25) is 0 Å². The molecule has 2 aliphatic carbocycles. The number of para-hydroxylation sites is 1. The van der Waals surface area contributed by atoms with Crippen LogP contribution in [0.1, 0.15) is 61.1 Å². The molecule has 0 fully saturated rings. The number of benzene rings is 2. The van der Waals surface area contributed by atoms with E-state index in [-0.39, 0.29) is 17.5 Å². The summed E-state index contributed by atoms with van der Waals surface area (Å²) in [6.45, 7) is 2.51. The van der Waals surface area contributed by atoms with Gasteiger partial charge in [-0.25, -0.2) is 0 Å². The molecule has 158 valence electrons. The van der Waals surface area contributed by atoms with Crippen LogP contribution in [0.3, 0.4) is 0 Å². The molecule has 5 rings (SSSR count). The molecular weight excluding hydrogens is 386 g/mol. The number of carbonyl (C=O) groups is 2. The fourth-order valence-corrected chi connectivity index (χ4v) is 4.99. The van der Waals surface area contributed by atoms with E-state index in [4.69, 9.17) is 4.74 Å². The highest BCUT2D eigenvalue weighted by molar-refractivity contribution is 6.06. The third-order valence-electron chi connectivity index (χ3n) is 6.54. The number of Topliss-reactive ketones (excluding diaryl/α,β-unsaturated/α-hetero) is 2. The van der Waals surface area contributed by atoms with Gasteiger partial charge < -0.3 is 10.1 Å². The lowest BCUT2D eigenvalue weighted by Crippen LogP contribution is -2.36. The van der Waals surface area contributed by atoms with Gasteiger partial charge in [-0.05, 0) is 44.2 Å². The Morgan fingerprint density at radius 1 is 0.839 bits per heavy atom. The van der Waals surface area contributed by atoms with Gasteiger partial charge in [0, 0.05) is 46.9 Å². The minimum atomic E-state index is -0.332. The van der Waals surface area contributed by atoms with Crippen LogP contribution < -0.4 is 10.1 Å². The van der Waals surface area contributed by atoms with E-state index in [9.17, 15) is 9.59 Å². The lowest BCUT2D eigenvalue weighted by atomic mass is 9.71. The number of dihydropyridines is 1. The number of hydrogen-bond donors (Lipinski definition) is 1. The zero-order valence-corrected chi connectivity index (χ0v) is 17.9. The summed E-state index contributed by atoms with van der Waals surface area (Å²) in [6, 6.07) is 16.2. The molecule has 0 atom stereocenters. The van der Waals surface area contributed by atoms with Crippen molar-refractivity contribution in [3.8, 4) is 5.75 Å². The molecule has 0 spiro atoms. The van der Waals surface area contributed by atoms with Gasteiger partial charge in [-0.3, -0.25) is 9.59 Å². The molecule has 4 heteroatoms. The van der Waals surface area contributed by atoms with E-state index in [0.717, 1.165) is 65.1 Å². The smallest absolute Gasteiger partial charge is 0.161 e. The quantitative estimate of drug-likeness (QED) is 0.741. The average molecular weight is 414 g/mol. The molecule has 0 aromatic heterocycles. The van der Waals surface area contributed by atoms with Gasteiger partial charge in [0.25, 0.3) is 0 Å². The van der Waals surface area contributed by atoms with Gasteiger partial charge in [-0.1, -0.05) is 48.0 Å². The first-order valence-corrected chi connectivity index (χ1v) is 11.2. The van der Waals surface area contributed by atoms with E-state index >= 15 is 0 Å². The van der Waals surface area contributed by atoms with E-state index in [2.05, 4.69) is 36.5 Å². The first kappa shape index (κ1) is 19.8. The zero-order chi connectivity index (χ0) is 21.4. The van der Waals surface area contributed by atoms with Crippen LogP contribution in [-0.4, -0.2) is 11.6 Å². The second-order valence-corrected chi connectivity index (χ2v) is 8.71.